The van der Waals surface area contributed by atoms with Crippen LogP contribution >= 0.6 is 0 Å². The van der Waals surface area contributed by atoms with Crippen LogP contribution < -0.4 is 4.74 Å². The number of benzene rings is 2. The fourth-order valence-electron chi connectivity index (χ4n) is 3.58. The van der Waals surface area contributed by atoms with E-state index >= 15 is 0 Å². The van der Waals surface area contributed by atoms with E-state index < -0.39 is 15.1 Å². The molecule has 0 atom stereocenters. The van der Waals surface area contributed by atoms with E-state index in [0.717, 1.165) is 24.2 Å². The maximum absolute atomic E-state index is 12.7. The average molecular weight is 415 g/mol. The van der Waals surface area contributed by atoms with Gasteiger partial charge in [0.05, 0.1) is 17.1 Å². The third-order valence-electron chi connectivity index (χ3n) is 5.48. The van der Waals surface area contributed by atoms with Gasteiger partial charge in [-0.2, -0.15) is 0 Å². The number of ketones is 1. The quantitative estimate of drug-likeness (QED) is 0.561. The van der Waals surface area contributed by atoms with E-state index in [-0.39, 0.29) is 17.6 Å². The Morgan fingerprint density at radius 2 is 1.69 bits per heavy atom. The van der Waals surface area contributed by atoms with E-state index in [1.54, 1.807) is 38.1 Å². The van der Waals surface area contributed by atoms with Crippen LogP contribution in [0.5, 0.6) is 5.75 Å². The van der Waals surface area contributed by atoms with Gasteiger partial charge >= 0.3 is 0 Å². The van der Waals surface area contributed by atoms with Crippen molar-refractivity contribution in [1.29, 1.82) is 0 Å². The van der Waals surface area contributed by atoms with Crippen LogP contribution in [0.4, 0.5) is 0 Å². The predicted octanol–water partition coefficient (Wildman–Crippen LogP) is 5.15. The first-order valence-electron chi connectivity index (χ1n) is 10.4. The Morgan fingerprint density at radius 1 is 1.00 bits per heavy atom. The van der Waals surface area contributed by atoms with Gasteiger partial charge in [0.1, 0.15) is 5.75 Å². The molecule has 1 aliphatic carbocycles. The smallest absolute Gasteiger partial charge is 0.167 e. The number of hydrogen-bond donors (Lipinski definition) is 0. The molecule has 0 bridgehead atoms. The molecule has 1 saturated carbocycles. The minimum absolute atomic E-state index is 0.000310. The van der Waals surface area contributed by atoms with Crippen molar-refractivity contribution in [1.82, 2.24) is 0 Å². The number of carbonyl (C=O) groups is 1. The van der Waals surface area contributed by atoms with Crippen molar-refractivity contribution in [2.24, 2.45) is 0 Å². The summed E-state index contributed by atoms with van der Waals surface area (Å²) in [5.41, 5.74) is 2.22. The molecule has 1 fully saturated rings. The first kappa shape index (κ1) is 21.6. The van der Waals surface area contributed by atoms with Crippen molar-refractivity contribution in [3.8, 4) is 5.75 Å². The van der Waals surface area contributed by atoms with Crippen LogP contribution in [0, 0.1) is 0 Å². The number of rotatable bonds is 8. The summed E-state index contributed by atoms with van der Waals surface area (Å²) in [5.74, 6) is 0.842. The van der Waals surface area contributed by atoms with Gasteiger partial charge in [-0.05, 0) is 62.8 Å². The van der Waals surface area contributed by atoms with Crippen molar-refractivity contribution in [2.45, 2.75) is 69.5 Å². The lowest BCUT2D eigenvalue weighted by molar-refractivity contribution is 0.0993. The molecule has 3 rings (SSSR count). The average Bonchev–Trinajstić information content (AvgIpc) is 2.69. The predicted molar refractivity (Wildman–Crippen MR) is 116 cm³/mol. The Labute approximate surface area is 174 Å². The van der Waals surface area contributed by atoms with Gasteiger partial charge in [-0.15, -0.1) is 0 Å². The zero-order valence-electron chi connectivity index (χ0n) is 17.3. The van der Waals surface area contributed by atoms with Crippen molar-refractivity contribution in [3.63, 3.8) is 0 Å². The largest absolute Gasteiger partial charge is 0.490 e. The molecule has 2 aromatic rings. The summed E-state index contributed by atoms with van der Waals surface area (Å²) in [5, 5.41) is -0.410. The van der Waals surface area contributed by atoms with Crippen molar-refractivity contribution >= 4 is 15.6 Å². The lowest BCUT2D eigenvalue weighted by atomic mass is 9.97. The van der Waals surface area contributed by atoms with Gasteiger partial charge < -0.3 is 4.74 Å². The van der Waals surface area contributed by atoms with Gasteiger partial charge in [0.15, 0.2) is 15.6 Å². The summed E-state index contributed by atoms with van der Waals surface area (Å²) in [6.45, 7) is 3.36. The summed E-state index contributed by atoms with van der Waals surface area (Å²) < 4.78 is 30.2. The first-order valence-corrected chi connectivity index (χ1v) is 12.1. The summed E-state index contributed by atoms with van der Waals surface area (Å²) in [6, 6.07) is 14.7. The first-order chi connectivity index (χ1) is 13.8. The zero-order valence-corrected chi connectivity index (χ0v) is 18.1. The normalized spacial score (nSPS) is 15.4. The van der Waals surface area contributed by atoms with Crippen LogP contribution in [0.3, 0.4) is 0 Å². The summed E-state index contributed by atoms with van der Waals surface area (Å²) >= 11 is 0. The molecular formula is C24H30O4S. The molecule has 4 nitrogen and oxygen atoms in total. The Balaban J connectivity index is 1.62. The highest BCUT2D eigenvalue weighted by atomic mass is 32.2. The molecule has 0 aliphatic heterocycles. The third-order valence-corrected chi connectivity index (χ3v) is 7.65. The molecule has 5 heteroatoms. The summed E-state index contributed by atoms with van der Waals surface area (Å²) in [6.07, 6.45) is 6.50. The molecule has 0 unspecified atom stereocenters. The zero-order chi connectivity index (χ0) is 20.9. The van der Waals surface area contributed by atoms with Gasteiger partial charge in [0.25, 0.3) is 0 Å². The second-order valence-electron chi connectivity index (χ2n) is 8.18. The van der Waals surface area contributed by atoms with Crippen LogP contribution in [0.1, 0.15) is 67.4 Å². The molecule has 0 spiro atoms. The molecule has 156 valence electrons. The second kappa shape index (κ2) is 9.57. The highest BCUT2D eigenvalue weighted by Crippen LogP contribution is 2.24. The SMILES string of the molecule is CC(C)S(=O)(=O)Cc1ccc(C(=O)Cc2cccc(OC3CCCCC3)c2)cc1. The Kier molecular flexibility index (Phi) is 7.12. The standard InChI is InChI=1S/C24H30O4S/c1-18(2)29(26,27)17-19-11-13-21(14-12-19)24(25)16-20-7-6-10-23(15-20)28-22-8-4-3-5-9-22/h6-7,10-15,18,22H,3-5,8-9,16-17H2,1-2H3. The Morgan fingerprint density at radius 3 is 2.34 bits per heavy atom. The molecular weight excluding hydrogens is 384 g/mol. The molecule has 1 aliphatic rings. The maximum atomic E-state index is 12.7. The van der Waals surface area contributed by atoms with E-state index in [9.17, 15) is 13.2 Å². The van der Waals surface area contributed by atoms with Gasteiger partial charge in [-0.1, -0.05) is 42.8 Å². The van der Waals surface area contributed by atoms with Gasteiger partial charge in [-0.3, -0.25) is 4.79 Å². The second-order valence-corrected chi connectivity index (χ2v) is 10.7. The van der Waals surface area contributed by atoms with Crippen molar-refractivity contribution in [3.05, 3.63) is 65.2 Å². The van der Waals surface area contributed by atoms with E-state index in [0.29, 0.717) is 17.5 Å². The maximum Gasteiger partial charge on any atom is 0.167 e. The summed E-state index contributed by atoms with van der Waals surface area (Å²) in [4.78, 5) is 12.7. The van der Waals surface area contributed by atoms with Gasteiger partial charge in [0, 0.05) is 12.0 Å². The number of carbonyl (C=O) groups excluding carboxylic acids is 1. The molecule has 0 saturated heterocycles. The van der Waals surface area contributed by atoms with Crippen LogP contribution in [0.2, 0.25) is 0 Å². The number of ether oxygens (including phenoxy) is 1. The van der Waals surface area contributed by atoms with Crippen LogP contribution in [-0.2, 0) is 22.0 Å². The van der Waals surface area contributed by atoms with E-state index in [1.807, 2.05) is 24.3 Å². The molecule has 0 amide bonds. The van der Waals surface area contributed by atoms with E-state index in [1.165, 1.54) is 19.3 Å². The molecule has 0 N–H and O–H groups in total. The molecule has 0 radical (unpaired) electrons. The lowest BCUT2D eigenvalue weighted by Gasteiger charge is -2.23. The molecule has 0 heterocycles. The molecule has 2 aromatic carbocycles. The number of sulfone groups is 1. The molecule has 0 aromatic heterocycles. The summed E-state index contributed by atoms with van der Waals surface area (Å²) in [7, 11) is -3.15. The third kappa shape index (κ3) is 6.17. The fraction of sp³-hybridized carbons (Fsp3) is 0.458. The Hall–Kier alpha value is -2.14. The fourth-order valence-corrected chi connectivity index (χ4v) is 4.57. The highest BCUT2D eigenvalue weighted by molar-refractivity contribution is 7.91. The number of hydrogen-bond acceptors (Lipinski definition) is 4. The van der Waals surface area contributed by atoms with Crippen molar-refractivity contribution in [2.75, 3.05) is 0 Å². The minimum Gasteiger partial charge on any atom is -0.490 e. The monoisotopic (exact) mass is 414 g/mol. The van der Waals surface area contributed by atoms with E-state index in [2.05, 4.69) is 0 Å². The topological polar surface area (TPSA) is 60.4 Å². The Bertz CT molecular complexity index is 924. The lowest BCUT2D eigenvalue weighted by Crippen LogP contribution is -2.19. The van der Waals surface area contributed by atoms with Crippen LogP contribution in [0.15, 0.2) is 48.5 Å². The van der Waals surface area contributed by atoms with Crippen LogP contribution in [-0.4, -0.2) is 25.6 Å². The number of Topliss-reactive ketones (excluding diaryl/α,β-unsaturated/α-hetero) is 1. The van der Waals surface area contributed by atoms with Crippen molar-refractivity contribution < 1.29 is 17.9 Å². The van der Waals surface area contributed by atoms with Crippen LogP contribution in [0.25, 0.3) is 0 Å². The van der Waals surface area contributed by atoms with Gasteiger partial charge in [-0.25, -0.2) is 8.42 Å². The van der Waals surface area contributed by atoms with E-state index in [4.69, 9.17) is 4.74 Å². The van der Waals surface area contributed by atoms with Gasteiger partial charge in [0.2, 0.25) is 0 Å². The molecule has 29 heavy (non-hydrogen) atoms. The highest BCUT2D eigenvalue weighted by Gasteiger charge is 2.18. The minimum atomic E-state index is -3.15.